The molecule has 74 valence electrons. The molecule has 0 aromatic heterocycles. The number of rotatable bonds is 4. The normalized spacial score (nSPS) is 10.8. The number of nitrogens with zero attached hydrogens (tertiary/aromatic N) is 1. The second-order valence-corrected chi connectivity index (χ2v) is 2.63. The lowest BCUT2D eigenvalue weighted by molar-refractivity contribution is -0.141. The largest absolute Gasteiger partial charge is 0.468 e. The van der Waals surface area contributed by atoms with E-state index in [0.29, 0.717) is 0 Å². The Labute approximate surface area is 77.1 Å². The van der Waals surface area contributed by atoms with Crippen LogP contribution in [-0.4, -0.2) is 37.4 Å². The highest BCUT2D eigenvalue weighted by molar-refractivity contribution is 5.92. The molecule has 0 aliphatic carbocycles. The van der Waals surface area contributed by atoms with Gasteiger partial charge in [-0.2, -0.15) is 0 Å². The summed E-state index contributed by atoms with van der Waals surface area (Å²) in [5.41, 5.74) is 5.47. The van der Waals surface area contributed by atoms with E-state index in [4.69, 9.17) is 5.73 Å². The monoisotopic (exact) mass is 186 g/mol. The zero-order chi connectivity index (χ0) is 10.4. The quantitative estimate of drug-likeness (QED) is 0.472. The molecule has 0 unspecified atom stereocenters. The van der Waals surface area contributed by atoms with Crippen molar-refractivity contribution in [1.82, 2.24) is 4.90 Å². The van der Waals surface area contributed by atoms with Crippen LogP contribution in [-0.2, 0) is 14.3 Å². The van der Waals surface area contributed by atoms with E-state index in [-0.39, 0.29) is 24.0 Å². The van der Waals surface area contributed by atoms with Crippen LogP contribution >= 0.6 is 0 Å². The average Bonchev–Trinajstić information content (AvgIpc) is 2.03. The molecule has 0 aromatic rings. The topological polar surface area (TPSA) is 72.6 Å². The van der Waals surface area contributed by atoms with Crippen LogP contribution in [0.5, 0.6) is 0 Å². The third-order valence-electron chi connectivity index (χ3n) is 1.37. The lowest BCUT2D eigenvalue weighted by Gasteiger charge is -2.12. The molecule has 0 amide bonds. The molecule has 13 heavy (non-hydrogen) atoms. The highest BCUT2D eigenvalue weighted by Gasteiger charge is 2.04. The lowest BCUT2D eigenvalue weighted by Crippen LogP contribution is -2.24. The van der Waals surface area contributed by atoms with Gasteiger partial charge in [-0.25, -0.2) is 0 Å². The Morgan fingerprint density at radius 2 is 2.08 bits per heavy atom. The molecule has 0 aromatic carbocycles. The fraction of sp³-hybridized carbons (Fsp3) is 0.500. The van der Waals surface area contributed by atoms with Crippen molar-refractivity contribution in [2.24, 2.45) is 5.73 Å². The lowest BCUT2D eigenvalue weighted by atomic mass is 10.3. The minimum absolute atomic E-state index is 0.0739. The fourth-order valence-corrected chi connectivity index (χ4v) is 0.642. The number of ketones is 1. The van der Waals surface area contributed by atoms with E-state index >= 15 is 0 Å². The Morgan fingerprint density at radius 1 is 1.54 bits per heavy atom. The minimum atomic E-state index is -0.380. The number of likely N-dealkylation sites (N-methyl/N-ethyl adjacent to an activating group) is 1. The standard InChI is InChI=1S/C8H14N2O3/c1-6(11)7(9)4-10(2)5-8(12)13-3/h4H,5,9H2,1-3H3. The molecule has 0 heterocycles. The van der Waals surface area contributed by atoms with E-state index in [0.717, 1.165) is 0 Å². The maximum Gasteiger partial charge on any atom is 0.325 e. The maximum absolute atomic E-state index is 10.8. The summed E-state index contributed by atoms with van der Waals surface area (Å²) in [6.45, 7) is 1.43. The maximum atomic E-state index is 10.8. The molecule has 0 rings (SSSR count). The number of hydrogen-bond acceptors (Lipinski definition) is 5. The highest BCUT2D eigenvalue weighted by atomic mass is 16.5. The fourth-order valence-electron chi connectivity index (χ4n) is 0.642. The molecular formula is C8H14N2O3. The van der Waals surface area contributed by atoms with Gasteiger partial charge in [0.05, 0.1) is 12.8 Å². The summed E-state index contributed by atoms with van der Waals surface area (Å²) in [6.07, 6.45) is 1.40. The van der Waals surface area contributed by atoms with Crippen molar-refractivity contribution < 1.29 is 14.3 Å². The van der Waals surface area contributed by atoms with Gasteiger partial charge in [-0.1, -0.05) is 0 Å². The van der Waals surface area contributed by atoms with Crippen LogP contribution in [0.1, 0.15) is 6.92 Å². The van der Waals surface area contributed by atoms with Crippen LogP contribution in [0.15, 0.2) is 11.9 Å². The van der Waals surface area contributed by atoms with Crippen molar-refractivity contribution in [3.05, 3.63) is 11.9 Å². The molecule has 0 fully saturated rings. The predicted octanol–water partition coefficient (Wildman–Crippen LogP) is -0.520. The molecule has 0 atom stereocenters. The van der Waals surface area contributed by atoms with E-state index in [1.54, 1.807) is 7.05 Å². The summed E-state index contributed by atoms with van der Waals surface area (Å²) in [4.78, 5) is 22.9. The molecule has 2 N–H and O–H groups in total. The molecule has 0 aliphatic rings. The average molecular weight is 186 g/mol. The van der Waals surface area contributed by atoms with Gasteiger partial charge in [-0.3, -0.25) is 9.59 Å². The number of carbonyl (C=O) groups is 2. The third kappa shape index (κ3) is 4.84. The van der Waals surface area contributed by atoms with Crippen molar-refractivity contribution in [1.29, 1.82) is 0 Å². The second-order valence-electron chi connectivity index (χ2n) is 2.63. The van der Waals surface area contributed by atoms with Crippen LogP contribution in [0.3, 0.4) is 0 Å². The molecule has 5 heteroatoms. The van der Waals surface area contributed by atoms with Gasteiger partial charge >= 0.3 is 5.97 Å². The van der Waals surface area contributed by atoms with Gasteiger partial charge < -0.3 is 15.4 Å². The number of Topliss-reactive ketones (excluding diaryl/α,β-unsaturated/α-hetero) is 1. The van der Waals surface area contributed by atoms with Crippen molar-refractivity contribution in [3.63, 3.8) is 0 Å². The third-order valence-corrected chi connectivity index (χ3v) is 1.37. The SMILES string of the molecule is COC(=O)CN(C)C=C(N)C(C)=O. The number of methoxy groups -OCH3 is 1. The number of hydrogen-bond donors (Lipinski definition) is 1. The van der Waals surface area contributed by atoms with Crippen LogP contribution in [0.25, 0.3) is 0 Å². The molecular weight excluding hydrogens is 172 g/mol. The summed E-state index contributed by atoms with van der Waals surface area (Å²) in [5, 5.41) is 0. The Balaban J connectivity index is 4.13. The Kier molecular flexibility index (Phi) is 4.58. The van der Waals surface area contributed by atoms with Crippen molar-refractivity contribution in [3.8, 4) is 0 Å². The molecule has 0 aliphatic heterocycles. The van der Waals surface area contributed by atoms with Gasteiger partial charge in [-0.05, 0) is 0 Å². The van der Waals surface area contributed by atoms with E-state index in [1.807, 2.05) is 0 Å². The second kappa shape index (κ2) is 5.18. The molecule has 0 saturated heterocycles. The predicted molar refractivity (Wildman–Crippen MR) is 47.6 cm³/mol. The Hall–Kier alpha value is -1.52. The summed E-state index contributed by atoms with van der Waals surface area (Å²) < 4.78 is 4.43. The zero-order valence-corrected chi connectivity index (χ0v) is 8.03. The first-order chi connectivity index (χ1) is 5.97. The number of esters is 1. The van der Waals surface area contributed by atoms with Crippen LogP contribution in [0.4, 0.5) is 0 Å². The van der Waals surface area contributed by atoms with Gasteiger partial charge in [0.15, 0.2) is 5.78 Å². The van der Waals surface area contributed by atoms with Crippen LogP contribution < -0.4 is 5.73 Å². The molecule has 0 spiro atoms. The summed E-state index contributed by atoms with van der Waals surface area (Å²) in [5.74, 6) is -0.605. The highest BCUT2D eigenvalue weighted by Crippen LogP contribution is 1.91. The van der Waals surface area contributed by atoms with Crippen molar-refractivity contribution in [2.45, 2.75) is 6.92 Å². The number of nitrogens with two attached hydrogens (primary N) is 1. The summed E-state index contributed by atoms with van der Waals surface area (Å²) in [6, 6.07) is 0. The molecule has 0 radical (unpaired) electrons. The smallest absolute Gasteiger partial charge is 0.325 e. The number of ether oxygens (including phenoxy) is 1. The van der Waals surface area contributed by atoms with E-state index in [9.17, 15) is 9.59 Å². The first-order valence-corrected chi connectivity index (χ1v) is 3.72. The number of allylic oxidation sites excluding steroid dienone is 1. The zero-order valence-electron chi connectivity index (χ0n) is 8.03. The first kappa shape index (κ1) is 11.5. The van der Waals surface area contributed by atoms with E-state index in [1.165, 1.54) is 25.1 Å². The number of carbonyl (C=O) groups excluding carboxylic acids is 2. The van der Waals surface area contributed by atoms with E-state index in [2.05, 4.69) is 4.74 Å². The van der Waals surface area contributed by atoms with Gasteiger partial charge in [0.2, 0.25) is 0 Å². The molecule has 0 bridgehead atoms. The van der Waals surface area contributed by atoms with E-state index < -0.39 is 0 Å². The minimum Gasteiger partial charge on any atom is -0.468 e. The van der Waals surface area contributed by atoms with Crippen molar-refractivity contribution >= 4 is 11.8 Å². The van der Waals surface area contributed by atoms with Gasteiger partial charge in [0, 0.05) is 20.2 Å². The van der Waals surface area contributed by atoms with Crippen LogP contribution in [0.2, 0.25) is 0 Å². The first-order valence-electron chi connectivity index (χ1n) is 3.72. The van der Waals surface area contributed by atoms with Crippen molar-refractivity contribution in [2.75, 3.05) is 20.7 Å². The van der Waals surface area contributed by atoms with Crippen LogP contribution in [0, 0.1) is 0 Å². The molecule has 5 nitrogen and oxygen atoms in total. The Morgan fingerprint density at radius 3 is 2.46 bits per heavy atom. The van der Waals surface area contributed by atoms with Gasteiger partial charge in [-0.15, -0.1) is 0 Å². The Bertz CT molecular complexity index is 236. The summed E-state index contributed by atoms with van der Waals surface area (Å²) in [7, 11) is 2.93. The summed E-state index contributed by atoms with van der Waals surface area (Å²) >= 11 is 0. The van der Waals surface area contributed by atoms with Gasteiger partial charge in [0.25, 0.3) is 0 Å². The molecule has 0 saturated carbocycles. The van der Waals surface area contributed by atoms with Gasteiger partial charge in [0.1, 0.15) is 6.54 Å².